The summed E-state index contributed by atoms with van der Waals surface area (Å²) >= 11 is 0. The normalized spacial score (nSPS) is 30.4. The summed E-state index contributed by atoms with van der Waals surface area (Å²) in [7, 11) is 1.28. The zero-order valence-corrected chi connectivity index (χ0v) is 33.8. The first-order valence-corrected chi connectivity index (χ1v) is 19.6. The number of rotatable bonds is 19. The Morgan fingerprint density at radius 1 is 0.918 bits per heavy atom. The van der Waals surface area contributed by atoms with Gasteiger partial charge in [0.15, 0.2) is 29.6 Å². The number of unbranched alkanes of at least 4 members (excludes halogenated alkanes) is 1. The van der Waals surface area contributed by atoms with Crippen LogP contribution in [0.1, 0.15) is 70.8 Å². The molecule has 5 rings (SSSR count). The Kier molecular flexibility index (Phi) is 15.2. The Labute approximate surface area is 349 Å². The molecule has 4 aliphatic carbocycles. The van der Waals surface area contributed by atoms with Crippen molar-refractivity contribution in [2.75, 3.05) is 33.5 Å². The van der Waals surface area contributed by atoms with Crippen molar-refractivity contribution in [2.24, 2.45) is 22.7 Å². The molecule has 8 atom stereocenters. The minimum Gasteiger partial charge on any atom is -0.493 e. The van der Waals surface area contributed by atoms with Gasteiger partial charge >= 0.3 is 18.1 Å². The van der Waals surface area contributed by atoms with Crippen LogP contribution in [0.2, 0.25) is 0 Å². The molecule has 0 radical (unpaired) electrons. The number of halogens is 1. The minimum absolute atomic E-state index is 0.00952. The molecule has 0 spiro atoms. The second-order valence-corrected chi connectivity index (χ2v) is 15.7. The average molecular weight is 867 g/mol. The van der Waals surface area contributed by atoms with E-state index in [9.17, 15) is 34.2 Å². The van der Waals surface area contributed by atoms with Gasteiger partial charge in [-0.05, 0) is 93.7 Å². The van der Waals surface area contributed by atoms with E-state index in [1.54, 1.807) is 6.92 Å². The highest BCUT2D eigenvalue weighted by atomic mass is 19.1. The molecule has 0 saturated heterocycles. The van der Waals surface area contributed by atoms with Crippen LogP contribution < -0.4 is 9.47 Å². The predicted octanol–water partition coefficient (Wildman–Crippen LogP) is 3.54. The van der Waals surface area contributed by atoms with E-state index < -0.39 is 100 Å². The molecule has 61 heavy (non-hydrogen) atoms. The number of Topliss-reactive ketones (excluding diaryl/α,β-unsaturated/α-hetero) is 1. The lowest BCUT2D eigenvalue weighted by Crippen LogP contribution is -2.70. The number of ketones is 2. The molecule has 6 N–H and O–H groups in total. The standard InChI is InChI=1S/C40H51FN2O18/c1-37-15-14-26(44)20-25(37)10-11-27-28-21-31(45)40(38(28,2)22-32(46)39(27,37)41,61-35(49)7-6-18-59-43(53)54)33(47)23-57-36(50)60-29-12-8-24(19-30(29)55-3)9-13-34(48)56-16-4-5-17-58-42(51)52/h8-9,12-15,19-20,27-28,31-32,45-46,51-54H,4-7,10-11,16-18,21-23H2,1-3H3/b13-9+/t27?,28?,31-,32+,37+,38+,39+,40+/m1/s1. The summed E-state index contributed by atoms with van der Waals surface area (Å²) in [6.45, 7) is 1.67. The number of esters is 2. The smallest absolute Gasteiger partial charge is 0.493 e. The first-order valence-electron chi connectivity index (χ1n) is 19.6. The number of benzene rings is 1. The third-order valence-corrected chi connectivity index (χ3v) is 12.4. The summed E-state index contributed by atoms with van der Waals surface area (Å²) in [5, 5.41) is 57.4. The van der Waals surface area contributed by atoms with E-state index in [2.05, 4.69) is 9.68 Å². The van der Waals surface area contributed by atoms with E-state index in [-0.39, 0.29) is 62.8 Å². The van der Waals surface area contributed by atoms with Gasteiger partial charge in [0.05, 0.1) is 43.8 Å². The molecule has 21 heteroatoms. The zero-order chi connectivity index (χ0) is 44.8. The van der Waals surface area contributed by atoms with Crippen molar-refractivity contribution in [1.29, 1.82) is 0 Å². The van der Waals surface area contributed by atoms with Crippen molar-refractivity contribution < 1.29 is 92.8 Å². The maximum absolute atomic E-state index is 17.8. The first-order chi connectivity index (χ1) is 28.8. The number of alkyl halides is 1. The van der Waals surface area contributed by atoms with Crippen molar-refractivity contribution in [3.63, 3.8) is 0 Å². The molecule has 2 unspecified atom stereocenters. The number of ether oxygens (including phenoxy) is 5. The van der Waals surface area contributed by atoms with E-state index >= 15 is 4.39 Å². The van der Waals surface area contributed by atoms with Gasteiger partial charge in [-0.3, -0.25) is 44.9 Å². The SMILES string of the molecule is COc1cc(/C=C/C(=O)OCCCCON(O)O)ccc1OC(=O)OCC(=O)[C@@]1(OC(=O)CCCON(O)O)[C@H](O)CC2C3CCC4=CC(=O)C=C[C@]4(C)[C@@]3(F)[C@@H](O)C[C@@]21C. The Hall–Kier alpha value is -4.68. The van der Waals surface area contributed by atoms with Crippen LogP contribution in [0.3, 0.4) is 0 Å². The molecule has 1 aromatic carbocycles. The Morgan fingerprint density at radius 2 is 1.61 bits per heavy atom. The van der Waals surface area contributed by atoms with Crippen LogP contribution in [-0.4, -0.2) is 128 Å². The third kappa shape index (κ3) is 9.70. The van der Waals surface area contributed by atoms with Crippen LogP contribution in [0.15, 0.2) is 48.1 Å². The summed E-state index contributed by atoms with van der Waals surface area (Å²) in [6.07, 6.45) is 1.54. The largest absolute Gasteiger partial charge is 0.514 e. The molecule has 3 saturated carbocycles. The van der Waals surface area contributed by atoms with Crippen LogP contribution in [-0.2, 0) is 43.1 Å². The highest BCUT2D eigenvalue weighted by molar-refractivity contribution is 6.01. The summed E-state index contributed by atoms with van der Waals surface area (Å²) in [5.74, 6) is -5.08. The fourth-order valence-electron chi connectivity index (χ4n) is 9.51. The van der Waals surface area contributed by atoms with Gasteiger partial charge in [-0.1, -0.05) is 24.6 Å². The monoisotopic (exact) mass is 866 g/mol. The van der Waals surface area contributed by atoms with E-state index in [0.717, 1.165) is 6.08 Å². The maximum atomic E-state index is 17.8. The number of fused-ring (bicyclic) bond motifs is 5. The van der Waals surface area contributed by atoms with Gasteiger partial charge in [-0.25, -0.2) is 14.0 Å². The average Bonchev–Trinajstić information content (AvgIpc) is 3.42. The lowest BCUT2D eigenvalue weighted by atomic mass is 9.44. The van der Waals surface area contributed by atoms with E-state index in [1.807, 2.05) is 0 Å². The molecule has 20 nitrogen and oxygen atoms in total. The molecule has 3 fully saturated rings. The summed E-state index contributed by atoms with van der Waals surface area (Å²) in [6, 6.07) is 4.20. The van der Waals surface area contributed by atoms with Crippen molar-refractivity contribution >= 4 is 35.7 Å². The number of carbonyl (C=O) groups is 5. The second-order valence-electron chi connectivity index (χ2n) is 15.7. The van der Waals surface area contributed by atoms with E-state index in [0.29, 0.717) is 24.0 Å². The van der Waals surface area contributed by atoms with Crippen molar-refractivity contribution in [1.82, 2.24) is 10.8 Å². The number of hydrogen-bond acceptors (Lipinski definition) is 20. The quantitative estimate of drug-likeness (QED) is 0.0290. The fourth-order valence-corrected chi connectivity index (χ4v) is 9.51. The summed E-state index contributed by atoms with van der Waals surface area (Å²) in [5.41, 5.74) is -6.91. The molecule has 0 aromatic heterocycles. The number of carbonyl (C=O) groups excluding carboxylic acids is 5. The van der Waals surface area contributed by atoms with Gasteiger partial charge < -0.3 is 33.9 Å². The molecule has 0 aliphatic heterocycles. The molecular formula is C40H51FN2O18. The lowest BCUT2D eigenvalue weighted by molar-refractivity contribution is -0.492. The number of hydrogen-bond donors (Lipinski definition) is 6. The predicted molar refractivity (Wildman–Crippen MR) is 200 cm³/mol. The van der Waals surface area contributed by atoms with E-state index in [4.69, 9.17) is 44.5 Å². The van der Waals surface area contributed by atoms with Crippen LogP contribution in [0.25, 0.3) is 6.08 Å². The van der Waals surface area contributed by atoms with Gasteiger partial charge in [0.1, 0.15) is 6.10 Å². The topological polar surface area (TPSA) is 278 Å². The van der Waals surface area contributed by atoms with Crippen molar-refractivity contribution in [3.05, 3.63) is 53.6 Å². The van der Waals surface area contributed by atoms with Crippen LogP contribution in [0.4, 0.5) is 9.18 Å². The zero-order valence-electron chi connectivity index (χ0n) is 33.8. The Morgan fingerprint density at radius 3 is 2.30 bits per heavy atom. The van der Waals surface area contributed by atoms with Crippen molar-refractivity contribution in [2.45, 2.75) is 88.7 Å². The molecule has 0 heterocycles. The van der Waals surface area contributed by atoms with Gasteiger partial charge in [0, 0.05) is 29.2 Å². The molecule has 336 valence electrons. The first kappa shape index (κ1) is 47.4. The Bertz CT molecular complexity index is 1910. The van der Waals surface area contributed by atoms with Gasteiger partial charge in [-0.2, -0.15) is 0 Å². The fraction of sp³-hybridized carbons (Fsp3) is 0.575. The molecule has 0 amide bonds. The number of nitrogens with zero attached hydrogens (tertiary/aromatic N) is 2. The highest BCUT2D eigenvalue weighted by Crippen LogP contribution is 2.70. The molecule has 0 bridgehead atoms. The highest BCUT2D eigenvalue weighted by Gasteiger charge is 2.78. The van der Waals surface area contributed by atoms with E-state index in [1.165, 1.54) is 56.5 Å². The summed E-state index contributed by atoms with van der Waals surface area (Å²) in [4.78, 5) is 74.2. The molecule has 1 aromatic rings. The van der Waals surface area contributed by atoms with Crippen LogP contribution >= 0.6 is 0 Å². The number of aliphatic hydroxyl groups is 2. The van der Waals surface area contributed by atoms with Gasteiger partial charge in [0.25, 0.3) is 0 Å². The second kappa shape index (κ2) is 19.6. The van der Waals surface area contributed by atoms with Gasteiger partial charge in [0.2, 0.25) is 11.4 Å². The number of aliphatic hydroxyl groups excluding tert-OH is 2. The summed E-state index contributed by atoms with van der Waals surface area (Å²) < 4.78 is 44.6. The number of methoxy groups -OCH3 is 1. The number of allylic oxidation sites excluding steroid dienone is 4. The molecular weight excluding hydrogens is 815 g/mol. The lowest BCUT2D eigenvalue weighted by Gasteiger charge is -2.62. The van der Waals surface area contributed by atoms with Gasteiger partial charge in [-0.15, -0.1) is 0 Å². The molecule has 4 aliphatic rings. The van der Waals surface area contributed by atoms with Crippen molar-refractivity contribution in [3.8, 4) is 11.5 Å². The van der Waals surface area contributed by atoms with Crippen LogP contribution in [0, 0.1) is 22.7 Å². The Balaban J connectivity index is 1.31. The third-order valence-electron chi connectivity index (χ3n) is 12.4. The van der Waals surface area contributed by atoms with Crippen LogP contribution in [0.5, 0.6) is 11.5 Å². The maximum Gasteiger partial charge on any atom is 0.514 e. The minimum atomic E-state index is -2.48.